The summed E-state index contributed by atoms with van der Waals surface area (Å²) in [6.45, 7) is 8.58. The first-order chi connectivity index (χ1) is 7.31. The molecule has 15 heavy (non-hydrogen) atoms. The zero-order chi connectivity index (χ0) is 10.7. The molecule has 1 saturated heterocycles. The first-order valence-corrected chi connectivity index (χ1v) is 5.38. The molecule has 0 saturated carbocycles. The molecule has 1 aliphatic heterocycles. The van der Waals surface area contributed by atoms with Crippen molar-refractivity contribution in [2.45, 2.75) is 13.0 Å². The molecule has 1 aromatic carbocycles. The van der Waals surface area contributed by atoms with Crippen LogP contribution in [0.1, 0.15) is 12.5 Å². The fourth-order valence-corrected chi connectivity index (χ4v) is 1.91. The molecule has 2 heteroatoms. The van der Waals surface area contributed by atoms with Crippen LogP contribution in [-0.2, 0) is 4.74 Å². The summed E-state index contributed by atoms with van der Waals surface area (Å²) in [7, 11) is 0. The zero-order valence-electron chi connectivity index (χ0n) is 9.15. The topological polar surface area (TPSA) is 12.5 Å². The summed E-state index contributed by atoms with van der Waals surface area (Å²) in [6, 6.07) is 8.97. The molecule has 1 aliphatic rings. The van der Waals surface area contributed by atoms with E-state index in [2.05, 4.69) is 42.7 Å². The highest BCUT2D eigenvalue weighted by molar-refractivity contribution is 5.55. The molecule has 0 N–H and O–H groups in total. The summed E-state index contributed by atoms with van der Waals surface area (Å²) >= 11 is 0. The lowest BCUT2D eigenvalue weighted by molar-refractivity contribution is 0.0989. The molecule has 0 aliphatic carbocycles. The van der Waals surface area contributed by atoms with E-state index >= 15 is 0 Å². The minimum atomic E-state index is 0.466. The molecular weight excluding hydrogens is 186 g/mol. The molecule has 1 aromatic rings. The number of hydrogen-bond donors (Lipinski definition) is 0. The van der Waals surface area contributed by atoms with Crippen LogP contribution in [0.15, 0.2) is 30.8 Å². The Bertz CT molecular complexity index is 331. The highest BCUT2D eigenvalue weighted by Crippen LogP contribution is 2.20. The molecule has 0 spiro atoms. The first kappa shape index (κ1) is 10.2. The van der Waals surface area contributed by atoms with E-state index in [9.17, 15) is 0 Å². The maximum absolute atomic E-state index is 5.42. The van der Waals surface area contributed by atoms with Gasteiger partial charge < -0.3 is 9.64 Å². The number of hydrogen-bond acceptors (Lipinski definition) is 2. The van der Waals surface area contributed by atoms with Crippen molar-refractivity contribution in [1.29, 1.82) is 0 Å². The first-order valence-electron chi connectivity index (χ1n) is 5.38. The fourth-order valence-electron chi connectivity index (χ4n) is 1.91. The van der Waals surface area contributed by atoms with Crippen LogP contribution in [0, 0.1) is 0 Å². The van der Waals surface area contributed by atoms with Crippen molar-refractivity contribution >= 4 is 11.8 Å². The number of rotatable bonds is 2. The van der Waals surface area contributed by atoms with Crippen LogP contribution in [0.2, 0.25) is 0 Å². The van der Waals surface area contributed by atoms with Gasteiger partial charge in [0.25, 0.3) is 0 Å². The van der Waals surface area contributed by atoms with Crippen molar-refractivity contribution < 1.29 is 4.74 Å². The van der Waals surface area contributed by atoms with Crippen molar-refractivity contribution in [1.82, 2.24) is 0 Å². The van der Waals surface area contributed by atoms with Crippen LogP contribution in [-0.4, -0.2) is 25.8 Å². The molecule has 0 radical (unpaired) electrons. The van der Waals surface area contributed by atoms with Crippen molar-refractivity contribution in [2.24, 2.45) is 0 Å². The van der Waals surface area contributed by atoms with Gasteiger partial charge in [-0.3, -0.25) is 0 Å². The van der Waals surface area contributed by atoms with Gasteiger partial charge in [-0.15, -0.1) is 0 Å². The Balaban J connectivity index is 2.16. The highest BCUT2D eigenvalue weighted by atomic mass is 16.5. The Morgan fingerprint density at radius 3 is 2.73 bits per heavy atom. The van der Waals surface area contributed by atoms with E-state index in [0.717, 1.165) is 19.8 Å². The lowest BCUT2D eigenvalue weighted by Gasteiger charge is -2.35. The van der Waals surface area contributed by atoms with Crippen LogP contribution in [0.4, 0.5) is 5.69 Å². The van der Waals surface area contributed by atoms with Crippen LogP contribution >= 0.6 is 0 Å². The third-order valence-electron chi connectivity index (χ3n) is 2.83. The van der Waals surface area contributed by atoms with E-state index < -0.39 is 0 Å². The van der Waals surface area contributed by atoms with Gasteiger partial charge in [0.1, 0.15) is 0 Å². The lowest BCUT2D eigenvalue weighted by atomic mass is 10.1. The molecule has 1 unspecified atom stereocenters. The summed E-state index contributed by atoms with van der Waals surface area (Å²) in [6.07, 6.45) is 1.87. The number of nitrogens with zero attached hydrogens (tertiary/aromatic N) is 1. The second-order valence-corrected chi connectivity index (χ2v) is 3.91. The molecule has 0 bridgehead atoms. The summed E-state index contributed by atoms with van der Waals surface area (Å²) < 4.78 is 5.42. The van der Waals surface area contributed by atoms with Crippen molar-refractivity contribution in [3.05, 3.63) is 36.4 Å². The summed E-state index contributed by atoms with van der Waals surface area (Å²) in [5.74, 6) is 0. The maximum Gasteiger partial charge on any atom is 0.0668 e. The number of anilines is 1. The van der Waals surface area contributed by atoms with Gasteiger partial charge in [-0.1, -0.05) is 24.8 Å². The average molecular weight is 203 g/mol. The molecule has 1 atom stereocenters. The summed E-state index contributed by atoms with van der Waals surface area (Å²) in [5, 5.41) is 0. The summed E-state index contributed by atoms with van der Waals surface area (Å²) in [4.78, 5) is 2.39. The van der Waals surface area contributed by atoms with Gasteiger partial charge in [0.2, 0.25) is 0 Å². The Morgan fingerprint density at radius 2 is 2.13 bits per heavy atom. The van der Waals surface area contributed by atoms with Gasteiger partial charge >= 0.3 is 0 Å². The molecule has 1 fully saturated rings. The molecule has 0 amide bonds. The molecule has 80 valence electrons. The Hall–Kier alpha value is -1.28. The Kier molecular flexibility index (Phi) is 3.07. The standard InChI is InChI=1S/C13H17NO/c1-3-12-4-6-13(7-5-12)14-8-9-15-10-11(14)2/h3-7,11H,1,8-10H2,2H3. The minimum absolute atomic E-state index is 0.466. The quantitative estimate of drug-likeness (QED) is 0.732. The van der Waals surface area contributed by atoms with Crippen LogP contribution in [0.25, 0.3) is 6.08 Å². The number of benzene rings is 1. The monoisotopic (exact) mass is 203 g/mol. The van der Waals surface area contributed by atoms with E-state index in [0.29, 0.717) is 6.04 Å². The van der Waals surface area contributed by atoms with Crippen LogP contribution < -0.4 is 4.90 Å². The maximum atomic E-state index is 5.42. The van der Waals surface area contributed by atoms with Crippen molar-refractivity contribution in [2.75, 3.05) is 24.7 Å². The van der Waals surface area contributed by atoms with Gasteiger partial charge in [0.15, 0.2) is 0 Å². The molecular formula is C13H17NO. The molecule has 1 heterocycles. The Morgan fingerprint density at radius 1 is 1.40 bits per heavy atom. The third kappa shape index (κ3) is 2.21. The third-order valence-corrected chi connectivity index (χ3v) is 2.83. The average Bonchev–Trinajstić information content (AvgIpc) is 2.30. The minimum Gasteiger partial charge on any atom is -0.377 e. The van der Waals surface area contributed by atoms with E-state index in [4.69, 9.17) is 4.74 Å². The molecule has 2 nitrogen and oxygen atoms in total. The van der Waals surface area contributed by atoms with Crippen LogP contribution in [0.3, 0.4) is 0 Å². The number of ether oxygens (including phenoxy) is 1. The smallest absolute Gasteiger partial charge is 0.0668 e. The van der Waals surface area contributed by atoms with Crippen LogP contribution in [0.5, 0.6) is 0 Å². The van der Waals surface area contributed by atoms with E-state index in [-0.39, 0.29) is 0 Å². The summed E-state index contributed by atoms with van der Waals surface area (Å²) in [5.41, 5.74) is 2.44. The fraction of sp³-hybridized carbons (Fsp3) is 0.385. The van der Waals surface area contributed by atoms with Gasteiger partial charge in [-0.2, -0.15) is 0 Å². The van der Waals surface area contributed by atoms with Gasteiger partial charge in [0.05, 0.1) is 13.2 Å². The van der Waals surface area contributed by atoms with Crippen molar-refractivity contribution in [3.8, 4) is 0 Å². The predicted octanol–water partition coefficient (Wildman–Crippen LogP) is 2.55. The molecule has 2 rings (SSSR count). The second-order valence-electron chi connectivity index (χ2n) is 3.91. The second kappa shape index (κ2) is 4.49. The lowest BCUT2D eigenvalue weighted by Crippen LogP contribution is -2.43. The van der Waals surface area contributed by atoms with Crippen molar-refractivity contribution in [3.63, 3.8) is 0 Å². The van der Waals surface area contributed by atoms with E-state index in [1.54, 1.807) is 0 Å². The highest BCUT2D eigenvalue weighted by Gasteiger charge is 2.18. The van der Waals surface area contributed by atoms with E-state index in [1.165, 1.54) is 11.3 Å². The van der Waals surface area contributed by atoms with E-state index in [1.807, 2.05) is 6.08 Å². The van der Waals surface area contributed by atoms with Gasteiger partial charge in [0, 0.05) is 18.3 Å². The predicted molar refractivity (Wildman–Crippen MR) is 64.2 cm³/mol. The zero-order valence-corrected chi connectivity index (χ0v) is 9.15. The number of morpholine rings is 1. The SMILES string of the molecule is C=Cc1ccc(N2CCOCC2C)cc1. The molecule has 0 aromatic heterocycles. The Labute approximate surface area is 91.2 Å². The normalized spacial score (nSPS) is 21.4. The van der Waals surface area contributed by atoms with Gasteiger partial charge in [-0.25, -0.2) is 0 Å². The van der Waals surface area contributed by atoms with Gasteiger partial charge in [-0.05, 0) is 24.6 Å². The largest absolute Gasteiger partial charge is 0.377 e.